The lowest BCUT2D eigenvalue weighted by Gasteiger charge is -2.29. The van der Waals surface area contributed by atoms with Crippen LogP contribution < -0.4 is 4.74 Å². The minimum atomic E-state index is -0.498. The van der Waals surface area contributed by atoms with Crippen LogP contribution in [0.3, 0.4) is 0 Å². The highest BCUT2D eigenvalue weighted by molar-refractivity contribution is 6.34. The number of aromatic amines is 1. The number of hydrogen-bond acceptors (Lipinski definition) is 5. The van der Waals surface area contributed by atoms with Crippen LogP contribution in [0, 0.1) is 11.3 Å². The second kappa shape index (κ2) is 10.3. The van der Waals surface area contributed by atoms with Crippen LogP contribution in [-0.4, -0.2) is 46.8 Å². The van der Waals surface area contributed by atoms with Crippen molar-refractivity contribution in [1.82, 2.24) is 15.1 Å². The van der Waals surface area contributed by atoms with Crippen LogP contribution in [0.1, 0.15) is 56.4 Å². The Balaban J connectivity index is 1.32. The number of nitrogens with zero attached hydrogens (tertiary/aromatic N) is 2. The SMILES string of the molecule is COC(=O)C1(C)CCN(C(Cl)C2=Cc3ccc(OC(c4ccc5[nH]nc(Cl)c5c4)C(C)C)cc3CC2)C1. The zero-order valence-corrected chi connectivity index (χ0v) is 23.2. The van der Waals surface area contributed by atoms with Crippen LogP contribution in [-0.2, 0) is 16.0 Å². The Labute approximate surface area is 227 Å². The molecule has 3 unspecified atom stereocenters. The third-order valence-corrected chi connectivity index (χ3v) is 8.53. The van der Waals surface area contributed by atoms with Crippen molar-refractivity contribution in [3.05, 3.63) is 63.8 Å². The Morgan fingerprint density at radius 1 is 1.19 bits per heavy atom. The maximum Gasteiger partial charge on any atom is 0.312 e. The van der Waals surface area contributed by atoms with Gasteiger partial charge in [-0.2, -0.15) is 5.10 Å². The van der Waals surface area contributed by atoms with E-state index in [0.29, 0.717) is 11.7 Å². The van der Waals surface area contributed by atoms with Crippen molar-refractivity contribution >= 4 is 46.2 Å². The molecule has 1 saturated heterocycles. The summed E-state index contributed by atoms with van der Waals surface area (Å²) in [4.78, 5) is 14.4. The predicted molar refractivity (Wildman–Crippen MR) is 148 cm³/mol. The zero-order valence-electron chi connectivity index (χ0n) is 21.7. The van der Waals surface area contributed by atoms with Gasteiger partial charge in [0, 0.05) is 18.5 Å². The number of esters is 1. The lowest BCUT2D eigenvalue weighted by Crippen LogP contribution is -2.36. The van der Waals surface area contributed by atoms with Gasteiger partial charge >= 0.3 is 5.97 Å². The standard InChI is InChI=1S/C29H33Cl2N3O3/c1-17(2)25(20-8-10-24-23(15-20)26(30)33-32-24)37-22-9-7-18-13-21(6-5-19(18)14-22)27(31)34-12-11-29(3,16-34)28(35)36-4/h7-10,13-15,17,25,27H,5-6,11-12,16H2,1-4H3,(H,32,33). The average Bonchev–Trinajstić information content (AvgIpc) is 3.49. The van der Waals surface area contributed by atoms with Gasteiger partial charge in [-0.25, -0.2) is 0 Å². The van der Waals surface area contributed by atoms with Gasteiger partial charge in [-0.1, -0.05) is 43.7 Å². The van der Waals surface area contributed by atoms with Crippen LogP contribution in [0.2, 0.25) is 5.15 Å². The van der Waals surface area contributed by atoms with Gasteiger partial charge in [-0.3, -0.25) is 14.8 Å². The summed E-state index contributed by atoms with van der Waals surface area (Å²) in [5, 5.41) is 8.41. The molecule has 196 valence electrons. The molecule has 2 aliphatic rings. The first-order valence-corrected chi connectivity index (χ1v) is 13.6. The van der Waals surface area contributed by atoms with Crippen molar-refractivity contribution < 1.29 is 14.3 Å². The van der Waals surface area contributed by atoms with E-state index in [-0.39, 0.29) is 23.5 Å². The number of hydrogen-bond donors (Lipinski definition) is 1. The molecule has 6 nitrogen and oxygen atoms in total. The summed E-state index contributed by atoms with van der Waals surface area (Å²) in [7, 11) is 1.45. The summed E-state index contributed by atoms with van der Waals surface area (Å²) in [6, 6.07) is 12.4. The quantitative estimate of drug-likeness (QED) is 0.203. The molecule has 37 heavy (non-hydrogen) atoms. The largest absolute Gasteiger partial charge is 0.485 e. The van der Waals surface area contributed by atoms with Gasteiger partial charge in [0.1, 0.15) is 17.4 Å². The Morgan fingerprint density at radius 2 is 2.00 bits per heavy atom. The summed E-state index contributed by atoms with van der Waals surface area (Å²) in [6.45, 7) is 7.66. The number of nitrogens with one attached hydrogen (secondary N) is 1. The van der Waals surface area contributed by atoms with Crippen molar-refractivity contribution in [2.45, 2.75) is 51.6 Å². The number of benzene rings is 2. The number of likely N-dealkylation sites (tertiary alicyclic amines) is 1. The highest BCUT2D eigenvalue weighted by Crippen LogP contribution is 2.38. The average molecular weight is 543 g/mol. The van der Waals surface area contributed by atoms with E-state index < -0.39 is 5.41 Å². The number of methoxy groups -OCH3 is 1. The summed E-state index contributed by atoms with van der Waals surface area (Å²) in [5.74, 6) is 0.948. The molecule has 0 radical (unpaired) electrons. The molecular weight excluding hydrogens is 509 g/mol. The monoisotopic (exact) mass is 541 g/mol. The smallest absolute Gasteiger partial charge is 0.312 e. The number of aromatic nitrogens is 2. The van der Waals surface area contributed by atoms with Crippen molar-refractivity contribution in [3.8, 4) is 5.75 Å². The van der Waals surface area contributed by atoms with Gasteiger partial charge in [0.05, 0.1) is 18.0 Å². The number of ether oxygens (including phenoxy) is 2. The molecule has 3 atom stereocenters. The fraction of sp³-hybridized carbons (Fsp3) is 0.448. The number of carbonyl (C=O) groups is 1. The van der Waals surface area contributed by atoms with Gasteiger partial charge in [0.15, 0.2) is 5.15 Å². The van der Waals surface area contributed by atoms with Crippen molar-refractivity contribution in [3.63, 3.8) is 0 Å². The fourth-order valence-electron chi connectivity index (χ4n) is 5.50. The topological polar surface area (TPSA) is 67.4 Å². The molecule has 0 spiro atoms. The van der Waals surface area contributed by atoms with Crippen molar-refractivity contribution in [2.24, 2.45) is 11.3 Å². The number of aryl methyl sites for hydroxylation is 1. The summed E-state index contributed by atoms with van der Waals surface area (Å²) in [5.41, 5.74) is 4.85. The van der Waals surface area contributed by atoms with E-state index in [1.54, 1.807) is 0 Å². The van der Waals surface area contributed by atoms with E-state index in [9.17, 15) is 4.79 Å². The summed E-state index contributed by atoms with van der Waals surface area (Å²) >= 11 is 13.2. The number of fused-ring (bicyclic) bond motifs is 2. The highest BCUT2D eigenvalue weighted by atomic mass is 35.5. The number of halogens is 2. The number of H-pyrrole nitrogens is 1. The lowest BCUT2D eigenvalue weighted by atomic mass is 9.90. The zero-order chi connectivity index (χ0) is 26.3. The minimum Gasteiger partial charge on any atom is -0.485 e. The Morgan fingerprint density at radius 3 is 2.76 bits per heavy atom. The summed E-state index contributed by atoms with van der Waals surface area (Å²) in [6.07, 6.45) is 4.61. The number of carbonyl (C=O) groups excluding carboxylic acids is 1. The van der Waals surface area contributed by atoms with Gasteiger partial charge < -0.3 is 9.47 Å². The second-order valence-corrected chi connectivity index (χ2v) is 11.6. The van der Waals surface area contributed by atoms with Gasteiger partial charge in [0.2, 0.25) is 0 Å². The molecule has 1 N–H and O–H groups in total. The fourth-order valence-corrected chi connectivity index (χ4v) is 6.04. The van der Waals surface area contributed by atoms with E-state index in [0.717, 1.165) is 48.0 Å². The first-order chi connectivity index (χ1) is 17.7. The van der Waals surface area contributed by atoms with Crippen LogP contribution in [0.4, 0.5) is 0 Å². The van der Waals surface area contributed by atoms with Gasteiger partial charge in [-0.05, 0) is 78.6 Å². The van der Waals surface area contributed by atoms with Crippen LogP contribution in [0.25, 0.3) is 17.0 Å². The third-order valence-electron chi connectivity index (χ3n) is 7.68. The van der Waals surface area contributed by atoms with E-state index in [1.807, 2.05) is 19.1 Å². The van der Waals surface area contributed by atoms with Crippen LogP contribution in [0.15, 0.2) is 42.0 Å². The van der Waals surface area contributed by atoms with Gasteiger partial charge in [0.25, 0.3) is 0 Å². The Bertz CT molecular complexity index is 1350. The van der Waals surface area contributed by atoms with Gasteiger partial charge in [-0.15, -0.1) is 11.6 Å². The molecule has 3 aromatic rings. The molecule has 8 heteroatoms. The summed E-state index contributed by atoms with van der Waals surface area (Å²) < 4.78 is 11.5. The molecule has 5 rings (SSSR count). The van der Waals surface area contributed by atoms with E-state index in [2.05, 4.69) is 59.3 Å². The first-order valence-electron chi connectivity index (χ1n) is 12.8. The van der Waals surface area contributed by atoms with Crippen molar-refractivity contribution in [2.75, 3.05) is 20.2 Å². The highest BCUT2D eigenvalue weighted by Gasteiger charge is 2.43. The molecule has 2 aromatic carbocycles. The van der Waals surface area contributed by atoms with E-state index in [4.69, 9.17) is 32.7 Å². The predicted octanol–water partition coefficient (Wildman–Crippen LogP) is 6.77. The molecule has 2 heterocycles. The normalized spacial score (nSPS) is 21.5. The van der Waals surface area contributed by atoms with E-state index >= 15 is 0 Å². The molecule has 0 amide bonds. The molecule has 1 aromatic heterocycles. The maximum absolute atomic E-state index is 12.2. The molecule has 1 aliphatic carbocycles. The molecule has 1 fully saturated rings. The number of rotatable bonds is 7. The Kier molecular flexibility index (Phi) is 7.27. The molecule has 1 aliphatic heterocycles. The molecular formula is C29H33Cl2N3O3. The molecule has 0 saturated carbocycles. The Hall–Kier alpha value is -2.54. The lowest BCUT2D eigenvalue weighted by molar-refractivity contribution is -0.151. The van der Waals surface area contributed by atoms with E-state index in [1.165, 1.54) is 23.8 Å². The van der Waals surface area contributed by atoms with Crippen molar-refractivity contribution in [1.29, 1.82) is 0 Å². The second-order valence-electron chi connectivity index (χ2n) is 10.8. The minimum absolute atomic E-state index is 0.116. The number of alkyl halides is 1. The van der Waals surface area contributed by atoms with Crippen LogP contribution >= 0.6 is 23.2 Å². The third kappa shape index (κ3) is 5.12. The first kappa shape index (κ1) is 26.1. The molecule has 0 bridgehead atoms. The maximum atomic E-state index is 12.2. The van der Waals surface area contributed by atoms with Crippen LogP contribution in [0.5, 0.6) is 5.75 Å².